The van der Waals surface area contributed by atoms with E-state index in [1.807, 2.05) is 86.6 Å². The third-order valence-corrected chi connectivity index (χ3v) is 4.83. The van der Waals surface area contributed by atoms with Crippen molar-refractivity contribution in [3.05, 3.63) is 78.4 Å². The summed E-state index contributed by atoms with van der Waals surface area (Å²) in [7, 11) is 0. The molecule has 150 valence electrons. The second-order valence-electron chi connectivity index (χ2n) is 7.24. The van der Waals surface area contributed by atoms with Crippen LogP contribution in [0, 0.1) is 5.92 Å². The van der Waals surface area contributed by atoms with Gasteiger partial charge in [0.1, 0.15) is 6.04 Å². The number of carbonyl (C=O) groups is 2. The van der Waals surface area contributed by atoms with Crippen LogP contribution in [0.1, 0.15) is 19.4 Å². The molecular formula is C23H25N3O3. The zero-order valence-corrected chi connectivity index (χ0v) is 16.5. The number of fused-ring (bicyclic) bond motifs is 1. The van der Waals surface area contributed by atoms with Crippen molar-refractivity contribution in [2.75, 3.05) is 5.32 Å². The van der Waals surface area contributed by atoms with Crippen LogP contribution in [0.25, 0.3) is 10.8 Å². The van der Waals surface area contributed by atoms with Crippen molar-refractivity contribution in [3.63, 3.8) is 0 Å². The van der Waals surface area contributed by atoms with Gasteiger partial charge in [0.15, 0.2) is 0 Å². The number of nitrogens with one attached hydrogen (secondary N) is 2. The molecule has 0 radical (unpaired) electrons. The van der Waals surface area contributed by atoms with Crippen molar-refractivity contribution < 1.29 is 14.8 Å². The van der Waals surface area contributed by atoms with Crippen LogP contribution in [0.2, 0.25) is 0 Å². The third-order valence-electron chi connectivity index (χ3n) is 4.83. The van der Waals surface area contributed by atoms with Crippen molar-refractivity contribution in [3.8, 4) is 0 Å². The molecule has 0 saturated heterocycles. The summed E-state index contributed by atoms with van der Waals surface area (Å²) >= 11 is 0. The Morgan fingerprint density at radius 1 is 0.931 bits per heavy atom. The van der Waals surface area contributed by atoms with E-state index in [1.54, 1.807) is 5.48 Å². The van der Waals surface area contributed by atoms with Crippen molar-refractivity contribution in [2.45, 2.75) is 26.4 Å². The molecule has 0 aliphatic heterocycles. The Bertz CT molecular complexity index is 984. The average Bonchev–Trinajstić information content (AvgIpc) is 2.73. The lowest BCUT2D eigenvalue weighted by Gasteiger charge is -2.33. The number of urea groups is 1. The lowest BCUT2D eigenvalue weighted by molar-refractivity contribution is -0.135. The van der Waals surface area contributed by atoms with E-state index < -0.39 is 18.0 Å². The number of carbonyl (C=O) groups excluding carboxylic acids is 2. The second kappa shape index (κ2) is 9.21. The van der Waals surface area contributed by atoms with E-state index in [0.717, 1.165) is 16.3 Å². The van der Waals surface area contributed by atoms with Crippen LogP contribution < -0.4 is 10.8 Å². The maximum atomic E-state index is 13.3. The number of anilines is 1. The highest BCUT2D eigenvalue weighted by molar-refractivity contribution is 6.02. The molecule has 6 heteroatoms. The summed E-state index contributed by atoms with van der Waals surface area (Å²) in [6.45, 7) is 3.90. The molecule has 3 rings (SSSR count). The average molecular weight is 391 g/mol. The van der Waals surface area contributed by atoms with Crippen molar-refractivity contribution in [1.29, 1.82) is 0 Å². The van der Waals surface area contributed by atoms with Crippen LogP contribution in [-0.4, -0.2) is 28.1 Å². The Hall–Kier alpha value is -3.38. The molecule has 3 aromatic carbocycles. The number of amides is 3. The first-order chi connectivity index (χ1) is 14.0. The minimum absolute atomic E-state index is 0.205. The molecule has 0 aliphatic rings. The number of benzene rings is 3. The highest BCUT2D eigenvalue weighted by Crippen LogP contribution is 2.24. The first-order valence-electron chi connectivity index (χ1n) is 9.54. The molecule has 0 fully saturated rings. The Morgan fingerprint density at radius 3 is 2.28 bits per heavy atom. The number of rotatable bonds is 6. The summed E-state index contributed by atoms with van der Waals surface area (Å²) in [6, 6.07) is 21.6. The summed E-state index contributed by atoms with van der Waals surface area (Å²) in [6.07, 6.45) is 0. The molecule has 0 aliphatic carbocycles. The number of nitrogens with zero attached hydrogens (tertiary/aromatic N) is 1. The Balaban J connectivity index is 1.95. The van der Waals surface area contributed by atoms with Gasteiger partial charge in [-0.1, -0.05) is 80.6 Å². The van der Waals surface area contributed by atoms with Gasteiger partial charge >= 0.3 is 6.03 Å². The third kappa shape index (κ3) is 4.73. The van der Waals surface area contributed by atoms with Gasteiger partial charge in [0.25, 0.3) is 5.91 Å². The quantitative estimate of drug-likeness (QED) is 0.430. The van der Waals surface area contributed by atoms with Crippen LogP contribution in [0.15, 0.2) is 72.8 Å². The molecule has 1 atom stereocenters. The van der Waals surface area contributed by atoms with Gasteiger partial charge in [0, 0.05) is 11.9 Å². The molecule has 0 saturated carbocycles. The van der Waals surface area contributed by atoms with Gasteiger partial charge in [-0.25, -0.2) is 10.3 Å². The molecule has 0 aromatic heterocycles. The molecule has 0 unspecified atom stereocenters. The van der Waals surface area contributed by atoms with Gasteiger partial charge in [-0.2, -0.15) is 0 Å². The molecule has 29 heavy (non-hydrogen) atoms. The van der Waals surface area contributed by atoms with Crippen molar-refractivity contribution in [1.82, 2.24) is 10.4 Å². The molecule has 0 spiro atoms. The summed E-state index contributed by atoms with van der Waals surface area (Å²) in [5, 5.41) is 14.1. The largest absolute Gasteiger partial charge is 0.322 e. The van der Waals surface area contributed by atoms with Gasteiger partial charge in [-0.15, -0.1) is 0 Å². The zero-order chi connectivity index (χ0) is 20.8. The minimum atomic E-state index is -0.838. The fourth-order valence-electron chi connectivity index (χ4n) is 3.47. The maximum Gasteiger partial charge on any atom is 0.322 e. The molecule has 0 bridgehead atoms. The van der Waals surface area contributed by atoms with Gasteiger partial charge in [0.2, 0.25) is 0 Å². The van der Waals surface area contributed by atoms with Crippen molar-refractivity contribution >= 4 is 28.4 Å². The highest BCUT2D eigenvalue weighted by Gasteiger charge is 2.32. The summed E-state index contributed by atoms with van der Waals surface area (Å²) in [5.74, 6) is -0.826. The van der Waals surface area contributed by atoms with Crippen molar-refractivity contribution in [2.24, 2.45) is 5.92 Å². The lowest BCUT2D eigenvalue weighted by Crippen LogP contribution is -2.52. The maximum absolute atomic E-state index is 13.3. The van der Waals surface area contributed by atoms with Crippen LogP contribution in [0.5, 0.6) is 0 Å². The predicted molar refractivity (Wildman–Crippen MR) is 114 cm³/mol. The first-order valence-corrected chi connectivity index (χ1v) is 9.54. The first kappa shape index (κ1) is 20.4. The van der Waals surface area contributed by atoms with E-state index in [0.29, 0.717) is 5.69 Å². The fraction of sp³-hybridized carbons (Fsp3) is 0.217. The normalized spacial score (nSPS) is 11.9. The molecule has 3 N–H and O–H groups in total. The lowest BCUT2D eigenvalue weighted by atomic mass is 10.0. The van der Waals surface area contributed by atoms with E-state index in [4.69, 9.17) is 0 Å². The SMILES string of the molecule is CC(C)[C@@H](C(=O)NO)N(Cc1ccccc1)C(=O)Nc1cccc2ccccc12. The van der Waals surface area contributed by atoms with Crippen LogP contribution in [-0.2, 0) is 11.3 Å². The predicted octanol–water partition coefficient (Wildman–Crippen LogP) is 4.40. The number of hydrogen-bond acceptors (Lipinski definition) is 3. The fourth-order valence-corrected chi connectivity index (χ4v) is 3.47. The standard InChI is InChI=1S/C23H25N3O3/c1-16(2)21(22(27)25-29)26(15-17-9-4-3-5-10-17)23(28)24-20-14-8-12-18-11-6-7-13-19(18)20/h3-14,16,21,29H,15H2,1-2H3,(H,24,28)(H,25,27)/t21-/m0/s1. The van der Waals surface area contributed by atoms with E-state index in [2.05, 4.69) is 5.32 Å². The monoisotopic (exact) mass is 391 g/mol. The van der Waals surface area contributed by atoms with Gasteiger partial charge < -0.3 is 10.2 Å². The number of hydroxylamine groups is 1. The van der Waals surface area contributed by atoms with Crippen LogP contribution in [0.3, 0.4) is 0 Å². The second-order valence-corrected chi connectivity index (χ2v) is 7.24. The summed E-state index contributed by atoms with van der Waals surface area (Å²) in [4.78, 5) is 27.1. The van der Waals surface area contributed by atoms with Gasteiger partial charge in [-0.3, -0.25) is 10.0 Å². The molecular weight excluding hydrogens is 366 g/mol. The van der Waals surface area contributed by atoms with E-state index >= 15 is 0 Å². The van der Waals surface area contributed by atoms with E-state index in [9.17, 15) is 14.8 Å². The zero-order valence-electron chi connectivity index (χ0n) is 16.5. The van der Waals surface area contributed by atoms with Crippen LogP contribution >= 0.6 is 0 Å². The smallest absolute Gasteiger partial charge is 0.308 e. The molecule has 3 aromatic rings. The Morgan fingerprint density at radius 2 is 1.59 bits per heavy atom. The number of hydrogen-bond donors (Lipinski definition) is 3. The van der Waals surface area contributed by atoms with Crippen LogP contribution in [0.4, 0.5) is 10.5 Å². The topological polar surface area (TPSA) is 81.7 Å². The molecule has 6 nitrogen and oxygen atoms in total. The van der Waals surface area contributed by atoms with E-state index in [1.165, 1.54) is 4.90 Å². The Kier molecular flexibility index (Phi) is 6.46. The van der Waals surface area contributed by atoms with Gasteiger partial charge in [-0.05, 0) is 22.9 Å². The van der Waals surface area contributed by atoms with Gasteiger partial charge in [0.05, 0.1) is 5.69 Å². The highest BCUT2D eigenvalue weighted by atomic mass is 16.5. The summed E-state index contributed by atoms with van der Waals surface area (Å²) in [5.41, 5.74) is 3.25. The minimum Gasteiger partial charge on any atom is -0.308 e. The Labute approximate surface area is 170 Å². The molecule has 0 heterocycles. The summed E-state index contributed by atoms with van der Waals surface area (Å²) < 4.78 is 0. The van der Waals surface area contributed by atoms with E-state index in [-0.39, 0.29) is 12.5 Å². The molecule has 3 amide bonds.